The lowest BCUT2D eigenvalue weighted by atomic mass is 9.80. The molecule has 0 aliphatic heterocycles. The van der Waals surface area contributed by atoms with Gasteiger partial charge in [0.1, 0.15) is 6.07 Å². The molecule has 2 aliphatic rings. The zero-order chi connectivity index (χ0) is 17.2. The van der Waals surface area contributed by atoms with Gasteiger partial charge in [-0.3, -0.25) is 0 Å². The minimum atomic E-state index is -0.630. The number of nitrogens with zero attached hydrogens (tertiary/aromatic N) is 1. The molecule has 2 nitrogen and oxygen atoms in total. The normalized spacial score (nSPS) is 31.6. The Morgan fingerprint density at radius 3 is 2.33 bits per heavy atom. The molecule has 0 N–H and O–H groups in total. The molecule has 2 aliphatic carbocycles. The van der Waals surface area contributed by atoms with E-state index in [2.05, 4.69) is 6.92 Å². The predicted octanol–water partition coefficient (Wildman–Crippen LogP) is 6.33. The van der Waals surface area contributed by atoms with E-state index in [0.29, 0.717) is 6.10 Å². The van der Waals surface area contributed by atoms with E-state index in [1.807, 2.05) is 0 Å². The summed E-state index contributed by atoms with van der Waals surface area (Å²) in [7, 11) is 0. The second-order valence-electron chi connectivity index (χ2n) is 7.88. The minimum Gasteiger partial charge on any atom is -0.378 e. The summed E-state index contributed by atoms with van der Waals surface area (Å²) in [5.74, 6) is 1.31. The van der Waals surface area contributed by atoms with Gasteiger partial charge < -0.3 is 4.74 Å². The van der Waals surface area contributed by atoms with Crippen molar-refractivity contribution in [3.05, 3.63) is 11.9 Å². The van der Waals surface area contributed by atoms with Crippen LogP contribution >= 0.6 is 0 Å². The summed E-state index contributed by atoms with van der Waals surface area (Å²) in [5, 5.41) is 8.51. The maximum absolute atomic E-state index is 13.0. The molecule has 136 valence electrons. The Morgan fingerprint density at radius 1 is 1.04 bits per heavy atom. The molecular weight excluding hydrogens is 301 g/mol. The Kier molecular flexibility index (Phi) is 8.81. The van der Waals surface area contributed by atoms with Crippen molar-refractivity contribution >= 4 is 0 Å². The van der Waals surface area contributed by atoms with Crippen LogP contribution in [0.3, 0.4) is 0 Å². The zero-order valence-electron chi connectivity index (χ0n) is 15.3. The molecule has 0 aromatic rings. The van der Waals surface area contributed by atoms with E-state index in [4.69, 9.17) is 10.00 Å². The first kappa shape index (κ1) is 19.4. The third-order valence-corrected chi connectivity index (χ3v) is 5.96. The fourth-order valence-corrected chi connectivity index (χ4v) is 4.31. The van der Waals surface area contributed by atoms with Crippen LogP contribution in [0.5, 0.6) is 0 Å². The zero-order valence-corrected chi connectivity index (χ0v) is 15.3. The van der Waals surface area contributed by atoms with Crippen LogP contribution in [0.1, 0.15) is 84.0 Å². The predicted molar refractivity (Wildman–Crippen MR) is 96.1 cm³/mol. The Hall–Kier alpha value is -0.880. The fourth-order valence-electron chi connectivity index (χ4n) is 4.31. The number of nitriles is 1. The molecule has 2 saturated carbocycles. The van der Waals surface area contributed by atoms with Gasteiger partial charge in [0.25, 0.3) is 0 Å². The number of allylic oxidation sites excluding steroid dienone is 2. The number of unbranched alkanes of at least 4 members (excludes halogenated alkanes) is 2. The summed E-state index contributed by atoms with van der Waals surface area (Å²) < 4.78 is 19.2. The van der Waals surface area contributed by atoms with Gasteiger partial charge in [0, 0.05) is 6.61 Å². The minimum absolute atomic E-state index is 0.225. The Morgan fingerprint density at radius 2 is 1.71 bits per heavy atom. The smallest absolute Gasteiger partial charge is 0.196 e. The number of ether oxygens (including phenoxy) is 1. The standard InChI is InChI=1S/C21H34FNO/c1-2-3-4-5-17-6-8-19(9-7-17)16-24-21-12-10-18(11-13-21)14-20(22)15-23/h14,17-19,21H,2-13,16H2,1H3/b20-14+. The molecule has 0 bridgehead atoms. The molecule has 0 saturated heterocycles. The summed E-state index contributed by atoms with van der Waals surface area (Å²) >= 11 is 0. The Bertz CT molecular complexity index is 412. The van der Waals surface area contributed by atoms with Crippen molar-refractivity contribution in [1.29, 1.82) is 5.26 Å². The van der Waals surface area contributed by atoms with Crippen LogP contribution < -0.4 is 0 Å². The van der Waals surface area contributed by atoms with Crippen LogP contribution in [-0.4, -0.2) is 12.7 Å². The molecule has 0 amide bonds. The molecule has 0 unspecified atom stereocenters. The molecule has 0 atom stereocenters. The Labute approximate surface area is 147 Å². The van der Waals surface area contributed by atoms with Crippen molar-refractivity contribution in [2.75, 3.05) is 6.61 Å². The van der Waals surface area contributed by atoms with Gasteiger partial charge in [-0.15, -0.1) is 0 Å². The number of halogens is 1. The molecule has 24 heavy (non-hydrogen) atoms. The first-order valence-corrected chi connectivity index (χ1v) is 10.1. The number of hydrogen-bond donors (Lipinski definition) is 0. The highest BCUT2D eigenvalue weighted by Gasteiger charge is 2.24. The Balaban J connectivity index is 1.56. The van der Waals surface area contributed by atoms with Crippen LogP contribution in [0, 0.1) is 29.1 Å². The highest BCUT2D eigenvalue weighted by molar-refractivity contribution is 5.13. The second-order valence-corrected chi connectivity index (χ2v) is 7.88. The summed E-state index contributed by atoms with van der Waals surface area (Å²) in [4.78, 5) is 0. The van der Waals surface area contributed by atoms with Crippen LogP contribution in [0.2, 0.25) is 0 Å². The molecule has 2 fully saturated rings. The molecule has 0 spiro atoms. The molecular formula is C21H34FNO. The summed E-state index contributed by atoms with van der Waals surface area (Å²) in [6.45, 7) is 3.19. The first-order chi connectivity index (χ1) is 11.7. The fraction of sp³-hybridized carbons (Fsp3) is 0.857. The molecule has 3 heteroatoms. The number of hydrogen-bond acceptors (Lipinski definition) is 2. The lowest BCUT2D eigenvalue weighted by Crippen LogP contribution is -2.25. The lowest BCUT2D eigenvalue weighted by molar-refractivity contribution is -0.00672. The van der Waals surface area contributed by atoms with Crippen LogP contribution in [0.4, 0.5) is 4.39 Å². The van der Waals surface area contributed by atoms with E-state index < -0.39 is 5.83 Å². The van der Waals surface area contributed by atoms with Crippen molar-refractivity contribution in [1.82, 2.24) is 0 Å². The molecule has 2 rings (SSSR count). The highest BCUT2D eigenvalue weighted by Crippen LogP contribution is 2.33. The molecule has 0 aromatic carbocycles. The lowest BCUT2D eigenvalue weighted by Gasteiger charge is -2.31. The van der Waals surface area contributed by atoms with Crippen LogP contribution in [-0.2, 0) is 4.74 Å². The summed E-state index contributed by atoms with van der Waals surface area (Å²) in [6, 6.07) is 1.57. The highest BCUT2D eigenvalue weighted by atomic mass is 19.1. The van der Waals surface area contributed by atoms with Crippen LogP contribution in [0.25, 0.3) is 0 Å². The van der Waals surface area contributed by atoms with Crippen molar-refractivity contribution < 1.29 is 9.13 Å². The number of rotatable bonds is 8. The van der Waals surface area contributed by atoms with E-state index in [9.17, 15) is 4.39 Å². The van der Waals surface area contributed by atoms with Crippen molar-refractivity contribution in [3.63, 3.8) is 0 Å². The third-order valence-electron chi connectivity index (χ3n) is 5.96. The topological polar surface area (TPSA) is 33.0 Å². The van der Waals surface area contributed by atoms with Crippen molar-refractivity contribution in [3.8, 4) is 6.07 Å². The first-order valence-electron chi connectivity index (χ1n) is 10.1. The van der Waals surface area contributed by atoms with Gasteiger partial charge in [0.2, 0.25) is 0 Å². The maximum Gasteiger partial charge on any atom is 0.196 e. The SMILES string of the molecule is CCCCCC1CCC(COC2CCC(/C=C(/F)C#N)CC2)CC1. The van der Waals surface area contributed by atoms with E-state index in [-0.39, 0.29) is 5.92 Å². The van der Waals surface area contributed by atoms with Crippen molar-refractivity contribution in [2.45, 2.75) is 90.1 Å². The molecule has 0 heterocycles. The van der Waals surface area contributed by atoms with Gasteiger partial charge in [-0.05, 0) is 62.4 Å². The van der Waals surface area contributed by atoms with Gasteiger partial charge in [-0.1, -0.05) is 45.4 Å². The quantitative estimate of drug-likeness (QED) is 0.384. The summed E-state index contributed by atoms with van der Waals surface area (Å²) in [5.41, 5.74) is 0. The van der Waals surface area contributed by atoms with E-state index in [1.54, 1.807) is 6.07 Å². The summed E-state index contributed by atoms with van der Waals surface area (Å²) in [6.07, 6.45) is 16.8. The largest absolute Gasteiger partial charge is 0.378 e. The van der Waals surface area contributed by atoms with Gasteiger partial charge >= 0.3 is 0 Å². The average molecular weight is 336 g/mol. The third kappa shape index (κ3) is 6.93. The maximum atomic E-state index is 13.0. The van der Waals surface area contributed by atoms with E-state index in [0.717, 1.165) is 44.1 Å². The van der Waals surface area contributed by atoms with E-state index in [1.165, 1.54) is 57.4 Å². The average Bonchev–Trinajstić information content (AvgIpc) is 2.62. The van der Waals surface area contributed by atoms with Gasteiger partial charge in [-0.2, -0.15) is 9.65 Å². The van der Waals surface area contributed by atoms with Gasteiger partial charge in [-0.25, -0.2) is 0 Å². The monoisotopic (exact) mass is 335 g/mol. The second kappa shape index (κ2) is 10.9. The molecule has 0 aromatic heterocycles. The van der Waals surface area contributed by atoms with Gasteiger partial charge in [0.05, 0.1) is 6.10 Å². The van der Waals surface area contributed by atoms with E-state index >= 15 is 0 Å². The molecule has 0 radical (unpaired) electrons. The van der Waals surface area contributed by atoms with Crippen LogP contribution in [0.15, 0.2) is 11.9 Å². The van der Waals surface area contributed by atoms with Crippen molar-refractivity contribution in [2.24, 2.45) is 17.8 Å². The van der Waals surface area contributed by atoms with Gasteiger partial charge in [0.15, 0.2) is 5.83 Å².